The highest BCUT2D eigenvalue weighted by molar-refractivity contribution is 5.79. The number of fused-ring (bicyclic) bond motifs is 1. The quantitative estimate of drug-likeness (QED) is 0.733. The molecule has 4 heteroatoms. The third kappa shape index (κ3) is 3.93. The molecule has 1 atom stereocenters. The molecule has 0 fully saturated rings. The number of hydrogen-bond donors (Lipinski definition) is 2. The summed E-state index contributed by atoms with van der Waals surface area (Å²) in [7, 11) is 1.90. The molecule has 0 aliphatic carbocycles. The Hall–Kier alpha value is -1.65. The Morgan fingerprint density at radius 1 is 1.33 bits per heavy atom. The van der Waals surface area contributed by atoms with Crippen LogP contribution in [0.3, 0.4) is 0 Å². The van der Waals surface area contributed by atoms with Gasteiger partial charge in [-0.05, 0) is 44.5 Å². The number of benzene rings is 1. The van der Waals surface area contributed by atoms with Crippen molar-refractivity contribution in [3.8, 4) is 5.75 Å². The Bertz CT molecular complexity index is 559. The second-order valence-electron chi connectivity index (χ2n) is 5.35. The summed E-state index contributed by atoms with van der Waals surface area (Å²) in [6, 6.07) is 9.93. The molecule has 0 radical (unpaired) electrons. The molecule has 114 valence electrons. The fraction of sp³-hybridized carbons (Fsp3) is 0.471. The predicted octanol–water partition coefficient (Wildman–Crippen LogP) is 2.75. The summed E-state index contributed by atoms with van der Waals surface area (Å²) < 4.78 is 5.79. The molecule has 0 amide bonds. The minimum absolute atomic E-state index is 0.153. The van der Waals surface area contributed by atoms with Crippen molar-refractivity contribution in [2.45, 2.75) is 31.7 Å². The van der Waals surface area contributed by atoms with Gasteiger partial charge in [0.05, 0.1) is 18.7 Å². The van der Waals surface area contributed by atoms with Crippen molar-refractivity contribution in [1.29, 1.82) is 0 Å². The molecular weight excluding hydrogens is 264 g/mol. The molecule has 0 aliphatic rings. The normalized spacial score (nSPS) is 14.0. The average Bonchev–Trinajstić information content (AvgIpc) is 2.55. The van der Waals surface area contributed by atoms with E-state index in [0.717, 1.165) is 35.9 Å². The topological polar surface area (TPSA) is 54.4 Å². The van der Waals surface area contributed by atoms with E-state index in [2.05, 4.69) is 17.2 Å². The molecule has 1 unspecified atom stereocenters. The van der Waals surface area contributed by atoms with Crippen LogP contribution in [0.2, 0.25) is 0 Å². The van der Waals surface area contributed by atoms with Crippen molar-refractivity contribution in [3.05, 3.63) is 36.5 Å². The Kier molecular flexibility index (Phi) is 5.53. The standard InChI is InChI=1S/C17H24N2O2/c1-3-17(13-20,18-2)9-5-11-21-15-8-7-14-6-4-10-19-16(14)12-15/h4,6-8,10,12,18,20H,3,5,9,11,13H2,1-2H3. The number of nitrogens with zero attached hydrogens (tertiary/aromatic N) is 1. The van der Waals surface area contributed by atoms with Gasteiger partial charge in [0.1, 0.15) is 5.75 Å². The van der Waals surface area contributed by atoms with E-state index in [1.54, 1.807) is 6.20 Å². The summed E-state index contributed by atoms with van der Waals surface area (Å²) in [5, 5.41) is 13.8. The van der Waals surface area contributed by atoms with Crippen LogP contribution in [0, 0.1) is 0 Å². The first-order chi connectivity index (χ1) is 10.2. The van der Waals surface area contributed by atoms with Crippen LogP contribution in [0.25, 0.3) is 10.9 Å². The highest BCUT2D eigenvalue weighted by Crippen LogP contribution is 2.20. The molecule has 2 N–H and O–H groups in total. The summed E-state index contributed by atoms with van der Waals surface area (Å²) in [5.74, 6) is 0.844. The van der Waals surface area contributed by atoms with Gasteiger partial charge in [-0.3, -0.25) is 4.98 Å². The van der Waals surface area contributed by atoms with Gasteiger partial charge < -0.3 is 15.2 Å². The van der Waals surface area contributed by atoms with E-state index in [1.165, 1.54) is 0 Å². The van der Waals surface area contributed by atoms with E-state index < -0.39 is 0 Å². The zero-order chi connectivity index (χ0) is 15.1. The molecule has 0 bridgehead atoms. The molecule has 2 rings (SSSR count). The lowest BCUT2D eigenvalue weighted by Crippen LogP contribution is -2.46. The minimum Gasteiger partial charge on any atom is -0.494 e. The summed E-state index contributed by atoms with van der Waals surface area (Å²) >= 11 is 0. The smallest absolute Gasteiger partial charge is 0.121 e. The van der Waals surface area contributed by atoms with Gasteiger partial charge in [-0.2, -0.15) is 0 Å². The Balaban J connectivity index is 1.87. The Morgan fingerprint density at radius 3 is 2.90 bits per heavy atom. The minimum atomic E-state index is -0.186. The fourth-order valence-corrected chi connectivity index (χ4v) is 2.49. The molecule has 1 aromatic heterocycles. The molecular formula is C17H24N2O2. The molecule has 1 aromatic carbocycles. The number of nitrogens with one attached hydrogen (secondary N) is 1. The van der Waals surface area contributed by atoms with E-state index in [-0.39, 0.29) is 12.1 Å². The number of likely N-dealkylation sites (N-methyl/N-ethyl adjacent to an activating group) is 1. The number of aliphatic hydroxyl groups excluding tert-OH is 1. The van der Waals surface area contributed by atoms with Crippen molar-refractivity contribution in [3.63, 3.8) is 0 Å². The van der Waals surface area contributed by atoms with Crippen molar-refractivity contribution >= 4 is 10.9 Å². The third-order valence-electron chi connectivity index (χ3n) is 4.16. The number of ether oxygens (including phenoxy) is 1. The Morgan fingerprint density at radius 2 is 2.19 bits per heavy atom. The molecule has 2 aromatic rings. The van der Waals surface area contributed by atoms with Crippen molar-refractivity contribution < 1.29 is 9.84 Å². The number of pyridine rings is 1. The molecule has 0 saturated heterocycles. The molecule has 0 saturated carbocycles. The molecule has 1 heterocycles. The van der Waals surface area contributed by atoms with E-state index in [0.29, 0.717) is 6.61 Å². The maximum absolute atomic E-state index is 9.50. The zero-order valence-corrected chi connectivity index (χ0v) is 12.8. The summed E-state index contributed by atoms with van der Waals surface area (Å²) in [6.45, 7) is 2.88. The van der Waals surface area contributed by atoms with E-state index in [4.69, 9.17) is 4.74 Å². The number of aliphatic hydroxyl groups is 1. The van der Waals surface area contributed by atoms with E-state index in [9.17, 15) is 5.11 Å². The van der Waals surface area contributed by atoms with Gasteiger partial charge in [0, 0.05) is 23.2 Å². The van der Waals surface area contributed by atoms with Crippen molar-refractivity contribution in [2.24, 2.45) is 0 Å². The van der Waals surface area contributed by atoms with Crippen LogP contribution >= 0.6 is 0 Å². The Labute approximate surface area is 126 Å². The maximum atomic E-state index is 9.50. The van der Waals surface area contributed by atoms with Crippen LogP contribution < -0.4 is 10.1 Å². The first kappa shape index (κ1) is 15.7. The highest BCUT2D eigenvalue weighted by Gasteiger charge is 2.24. The van der Waals surface area contributed by atoms with Gasteiger partial charge in [0.2, 0.25) is 0 Å². The van der Waals surface area contributed by atoms with E-state index in [1.807, 2.05) is 37.4 Å². The molecule has 0 aliphatic heterocycles. The lowest BCUT2D eigenvalue weighted by molar-refractivity contribution is 0.145. The van der Waals surface area contributed by atoms with Crippen LogP contribution in [0.5, 0.6) is 5.75 Å². The second kappa shape index (κ2) is 7.38. The third-order valence-corrected chi connectivity index (χ3v) is 4.16. The summed E-state index contributed by atoms with van der Waals surface area (Å²) in [4.78, 5) is 4.33. The second-order valence-corrected chi connectivity index (χ2v) is 5.35. The first-order valence-corrected chi connectivity index (χ1v) is 7.50. The lowest BCUT2D eigenvalue weighted by Gasteiger charge is -2.30. The van der Waals surface area contributed by atoms with Crippen LogP contribution in [0.1, 0.15) is 26.2 Å². The fourth-order valence-electron chi connectivity index (χ4n) is 2.49. The van der Waals surface area contributed by atoms with Gasteiger partial charge in [-0.25, -0.2) is 0 Å². The van der Waals surface area contributed by atoms with Crippen molar-refractivity contribution in [2.75, 3.05) is 20.3 Å². The number of rotatable bonds is 8. The molecule has 0 spiro atoms. The maximum Gasteiger partial charge on any atom is 0.121 e. The van der Waals surface area contributed by atoms with Gasteiger partial charge >= 0.3 is 0 Å². The molecule has 21 heavy (non-hydrogen) atoms. The number of hydrogen-bond acceptors (Lipinski definition) is 4. The number of aromatic nitrogens is 1. The predicted molar refractivity (Wildman–Crippen MR) is 85.6 cm³/mol. The van der Waals surface area contributed by atoms with Gasteiger partial charge in [0.25, 0.3) is 0 Å². The van der Waals surface area contributed by atoms with Crippen LogP contribution in [0.15, 0.2) is 36.5 Å². The lowest BCUT2D eigenvalue weighted by atomic mass is 9.92. The SMILES string of the molecule is CCC(CO)(CCCOc1ccc2cccnc2c1)NC. The first-order valence-electron chi connectivity index (χ1n) is 7.50. The van der Waals surface area contributed by atoms with Crippen LogP contribution in [-0.2, 0) is 0 Å². The monoisotopic (exact) mass is 288 g/mol. The van der Waals surface area contributed by atoms with Crippen LogP contribution in [-0.4, -0.2) is 35.9 Å². The van der Waals surface area contributed by atoms with Crippen LogP contribution in [0.4, 0.5) is 0 Å². The van der Waals surface area contributed by atoms with Gasteiger partial charge in [0.15, 0.2) is 0 Å². The van der Waals surface area contributed by atoms with Gasteiger partial charge in [-0.15, -0.1) is 0 Å². The zero-order valence-electron chi connectivity index (χ0n) is 12.8. The van der Waals surface area contributed by atoms with E-state index >= 15 is 0 Å². The largest absolute Gasteiger partial charge is 0.494 e. The van der Waals surface area contributed by atoms with Crippen molar-refractivity contribution in [1.82, 2.24) is 10.3 Å². The van der Waals surface area contributed by atoms with Gasteiger partial charge in [-0.1, -0.05) is 13.0 Å². The summed E-state index contributed by atoms with van der Waals surface area (Å²) in [5.41, 5.74) is 0.761. The highest BCUT2D eigenvalue weighted by atomic mass is 16.5. The molecule has 4 nitrogen and oxygen atoms in total. The summed E-state index contributed by atoms with van der Waals surface area (Å²) in [6.07, 6.45) is 4.48. The average molecular weight is 288 g/mol.